The van der Waals surface area contributed by atoms with Crippen molar-refractivity contribution in [2.45, 2.75) is 39.2 Å². The number of likely N-dealkylation sites (tertiary alicyclic amines) is 1. The van der Waals surface area contributed by atoms with Crippen molar-refractivity contribution in [2.75, 3.05) is 26.3 Å². The molecular weight excluding hydrogens is 242 g/mol. The highest BCUT2D eigenvalue weighted by atomic mass is 16.6. The Hall–Kier alpha value is -0.770. The van der Waals surface area contributed by atoms with E-state index in [2.05, 4.69) is 13.8 Å². The minimum atomic E-state index is -0.169. The number of hydrogen-bond donors (Lipinski definition) is 0. The van der Waals surface area contributed by atoms with E-state index in [0.29, 0.717) is 23.7 Å². The third-order valence-corrected chi connectivity index (χ3v) is 4.98. The molecule has 2 heterocycles. The monoisotopic (exact) mass is 267 g/mol. The van der Waals surface area contributed by atoms with Gasteiger partial charge >= 0.3 is 6.09 Å². The molecule has 3 rings (SSSR count). The van der Waals surface area contributed by atoms with Crippen LogP contribution in [0.2, 0.25) is 0 Å². The molecule has 0 aromatic rings. The first-order valence-corrected chi connectivity index (χ1v) is 7.54. The second-order valence-corrected chi connectivity index (χ2v) is 7.10. The molecular formula is C15H25NO3. The molecule has 1 saturated carbocycles. The van der Waals surface area contributed by atoms with E-state index in [9.17, 15) is 4.79 Å². The highest BCUT2D eigenvalue weighted by Crippen LogP contribution is 2.41. The minimum Gasteiger partial charge on any atom is -0.443 e. The number of rotatable bonds is 2. The fourth-order valence-corrected chi connectivity index (χ4v) is 3.76. The number of amides is 1. The molecule has 4 heteroatoms. The fourth-order valence-electron chi connectivity index (χ4n) is 3.76. The van der Waals surface area contributed by atoms with Crippen LogP contribution in [0, 0.1) is 23.7 Å². The maximum absolute atomic E-state index is 12.2. The average Bonchev–Trinajstić information content (AvgIpc) is 3.04. The molecule has 19 heavy (non-hydrogen) atoms. The molecule has 3 fully saturated rings. The van der Waals surface area contributed by atoms with Crippen LogP contribution >= 0.6 is 0 Å². The Morgan fingerprint density at radius 1 is 1.26 bits per heavy atom. The highest BCUT2D eigenvalue weighted by molar-refractivity contribution is 5.68. The van der Waals surface area contributed by atoms with Crippen LogP contribution in [0.1, 0.15) is 33.6 Å². The van der Waals surface area contributed by atoms with Crippen molar-refractivity contribution in [3.8, 4) is 0 Å². The smallest absolute Gasteiger partial charge is 0.410 e. The number of ether oxygens (including phenoxy) is 2. The summed E-state index contributed by atoms with van der Waals surface area (Å²) >= 11 is 0. The van der Waals surface area contributed by atoms with Crippen LogP contribution in [-0.4, -0.2) is 42.9 Å². The van der Waals surface area contributed by atoms with E-state index in [0.717, 1.165) is 39.1 Å². The van der Waals surface area contributed by atoms with Gasteiger partial charge in [-0.1, -0.05) is 13.8 Å². The lowest BCUT2D eigenvalue weighted by Crippen LogP contribution is -2.55. The van der Waals surface area contributed by atoms with Crippen molar-refractivity contribution in [3.63, 3.8) is 0 Å². The summed E-state index contributed by atoms with van der Waals surface area (Å²) in [6, 6.07) is 0. The van der Waals surface area contributed by atoms with Crippen LogP contribution in [0.5, 0.6) is 0 Å². The number of fused-ring (bicyclic) bond motifs is 2. The van der Waals surface area contributed by atoms with Gasteiger partial charge in [0.1, 0.15) is 5.60 Å². The molecule has 3 aliphatic rings. The molecule has 0 spiro atoms. The molecule has 2 saturated heterocycles. The molecule has 1 aliphatic carbocycles. The van der Waals surface area contributed by atoms with E-state index in [1.54, 1.807) is 0 Å². The Kier molecular flexibility index (Phi) is 3.24. The van der Waals surface area contributed by atoms with Crippen LogP contribution in [0.25, 0.3) is 0 Å². The quantitative estimate of drug-likeness (QED) is 0.771. The van der Waals surface area contributed by atoms with Gasteiger partial charge in [0.25, 0.3) is 0 Å². The molecule has 2 atom stereocenters. The lowest BCUT2D eigenvalue weighted by Gasteiger charge is -2.48. The van der Waals surface area contributed by atoms with Crippen LogP contribution in [-0.2, 0) is 9.47 Å². The van der Waals surface area contributed by atoms with E-state index >= 15 is 0 Å². The van der Waals surface area contributed by atoms with Crippen molar-refractivity contribution in [1.29, 1.82) is 0 Å². The summed E-state index contributed by atoms with van der Waals surface area (Å²) in [5.41, 5.74) is -0.169. The zero-order valence-corrected chi connectivity index (χ0v) is 12.2. The first-order valence-electron chi connectivity index (χ1n) is 7.54. The van der Waals surface area contributed by atoms with Gasteiger partial charge < -0.3 is 14.4 Å². The van der Waals surface area contributed by atoms with Crippen LogP contribution in [0.3, 0.4) is 0 Å². The normalized spacial score (nSPS) is 36.2. The Bertz CT molecular complexity index is 350. The maximum atomic E-state index is 12.2. The van der Waals surface area contributed by atoms with Crippen molar-refractivity contribution in [3.05, 3.63) is 0 Å². The summed E-state index contributed by atoms with van der Waals surface area (Å²) in [7, 11) is 0. The molecule has 2 bridgehead atoms. The van der Waals surface area contributed by atoms with Gasteiger partial charge in [0.05, 0.1) is 13.2 Å². The predicted octanol–water partition coefficient (Wildman–Crippen LogP) is 2.53. The van der Waals surface area contributed by atoms with Crippen LogP contribution in [0.4, 0.5) is 4.79 Å². The SMILES string of the molecule is CC(C)C1C2COCC1CN(C(=O)OC1(C)CC1)C2. The molecule has 0 aromatic carbocycles. The fraction of sp³-hybridized carbons (Fsp3) is 0.933. The number of hydrogen-bond acceptors (Lipinski definition) is 3. The summed E-state index contributed by atoms with van der Waals surface area (Å²) in [4.78, 5) is 14.1. The maximum Gasteiger partial charge on any atom is 0.410 e. The second kappa shape index (κ2) is 4.65. The molecule has 0 aromatic heterocycles. The van der Waals surface area contributed by atoms with Gasteiger partial charge in [-0.25, -0.2) is 4.79 Å². The lowest BCUT2D eigenvalue weighted by molar-refractivity contribution is -0.0950. The van der Waals surface area contributed by atoms with E-state index < -0.39 is 0 Å². The van der Waals surface area contributed by atoms with Gasteiger partial charge in [0.2, 0.25) is 0 Å². The third kappa shape index (κ3) is 2.60. The summed E-state index contributed by atoms with van der Waals surface area (Å²) in [6.45, 7) is 9.78. The Labute approximate surface area is 115 Å². The molecule has 108 valence electrons. The van der Waals surface area contributed by atoms with Gasteiger partial charge in [0.15, 0.2) is 0 Å². The first-order chi connectivity index (χ1) is 8.98. The molecule has 2 aliphatic heterocycles. The van der Waals surface area contributed by atoms with Gasteiger partial charge in [-0.3, -0.25) is 0 Å². The minimum absolute atomic E-state index is 0.112. The van der Waals surface area contributed by atoms with E-state index in [1.165, 1.54) is 0 Å². The Morgan fingerprint density at radius 2 is 1.84 bits per heavy atom. The van der Waals surface area contributed by atoms with Crippen molar-refractivity contribution in [2.24, 2.45) is 23.7 Å². The highest BCUT2D eigenvalue weighted by Gasteiger charge is 2.46. The third-order valence-electron chi connectivity index (χ3n) is 4.98. The lowest BCUT2D eigenvalue weighted by atomic mass is 9.71. The van der Waals surface area contributed by atoms with Gasteiger partial charge in [-0.05, 0) is 31.6 Å². The average molecular weight is 267 g/mol. The van der Waals surface area contributed by atoms with E-state index in [4.69, 9.17) is 9.47 Å². The van der Waals surface area contributed by atoms with Gasteiger partial charge in [0, 0.05) is 24.9 Å². The van der Waals surface area contributed by atoms with Gasteiger partial charge in [-0.2, -0.15) is 0 Å². The number of nitrogens with zero attached hydrogens (tertiary/aromatic N) is 1. The Balaban J connectivity index is 1.65. The van der Waals surface area contributed by atoms with Crippen molar-refractivity contribution >= 4 is 6.09 Å². The molecule has 2 unspecified atom stereocenters. The summed E-state index contributed by atoms with van der Waals surface area (Å²) in [5.74, 6) is 2.31. The van der Waals surface area contributed by atoms with E-state index in [-0.39, 0.29) is 11.7 Å². The van der Waals surface area contributed by atoms with Crippen molar-refractivity contribution < 1.29 is 14.3 Å². The Morgan fingerprint density at radius 3 is 2.32 bits per heavy atom. The van der Waals surface area contributed by atoms with Gasteiger partial charge in [-0.15, -0.1) is 0 Å². The molecule has 0 radical (unpaired) electrons. The summed E-state index contributed by atoms with van der Waals surface area (Å²) in [5, 5.41) is 0. The van der Waals surface area contributed by atoms with Crippen molar-refractivity contribution in [1.82, 2.24) is 4.90 Å². The number of carbonyl (C=O) groups excluding carboxylic acids is 1. The number of carbonyl (C=O) groups is 1. The molecule has 1 amide bonds. The standard InChI is InChI=1S/C15H25NO3/c1-10(2)13-11-6-16(7-12(13)9-18-8-11)14(17)19-15(3)4-5-15/h10-13H,4-9H2,1-3H3. The number of piperidine rings is 1. The van der Waals surface area contributed by atoms with E-state index in [1.807, 2.05) is 11.8 Å². The summed E-state index contributed by atoms with van der Waals surface area (Å²) in [6.07, 6.45) is 1.91. The van der Waals surface area contributed by atoms with Crippen LogP contribution in [0.15, 0.2) is 0 Å². The summed E-state index contributed by atoms with van der Waals surface area (Å²) < 4.78 is 11.3. The topological polar surface area (TPSA) is 38.8 Å². The largest absolute Gasteiger partial charge is 0.443 e. The molecule has 0 N–H and O–H groups in total. The van der Waals surface area contributed by atoms with Crippen LogP contribution < -0.4 is 0 Å². The molecule has 4 nitrogen and oxygen atoms in total. The first kappa shape index (κ1) is 13.2. The zero-order chi connectivity index (χ0) is 13.6. The second-order valence-electron chi connectivity index (χ2n) is 7.10. The zero-order valence-electron chi connectivity index (χ0n) is 12.2. The predicted molar refractivity (Wildman–Crippen MR) is 71.8 cm³/mol.